The molecule has 0 radical (unpaired) electrons. The second-order valence-electron chi connectivity index (χ2n) is 3.85. The van der Waals surface area contributed by atoms with E-state index in [4.69, 9.17) is 10.00 Å². The lowest BCUT2D eigenvalue weighted by atomic mass is 10.1. The van der Waals surface area contributed by atoms with Gasteiger partial charge in [-0.25, -0.2) is 0 Å². The highest BCUT2D eigenvalue weighted by molar-refractivity contribution is 8.03. The van der Waals surface area contributed by atoms with Crippen molar-refractivity contribution in [2.24, 2.45) is 0 Å². The molecule has 0 aliphatic rings. The van der Waals surface area contributed by atoms with Crippen LogP contribution < -0.4 is 4.74 Å². The molecule has 86 valence electrons. The van der Waals surface area contributed by atoms with Gasteiger partial charge in [0, 0.05) is 5.75 Å². The Hall–Kier alpha value is -1.14. The number of thioether (sulfide) groups is 1. The number of rotatable bonds is 6. The normalized spacial score (nSPS) is 10.1. The number of nitrogens with zero attached hydrogens (tertiary/aromatic N) is 1. The zero-order valence-electron chi connectivity index (χ0n) is 9.77. The monoisotopic (exact) mass is 235 g/mol. The Morgan fingerprint density at radius 1 is 1.31 bits per heavy atom. The number of thiocyanates is 1. The molecule has 0 N–H and O–H groups in total. The van der Waals surface area contributed by atoms with Crippen molar-refractivity contribution in [3.8, 4) is 11.2 Å². The molecule has 0 aliphatic heterocycles. The molecule has 0 aromatic heterocycles. The molecule has 1 aromatic rings. The highest BCUT2D eigenvalue weighted by Crippen LogP contribution is 2.15. The van der Waals surface area contributed by atoms with Gasteiger partial charge in [0.25, 0.3) is 0 Å². The first-order valence-corrected chi connectivity index (χ1v) is 6.47. The third-order valence-corrected chi connectivity index (χ3v) is 2.69. The second-order valence-corrected chi connectivity index (χ2v) is 4.73. The quantitative estimate of drug-likeness (QED) is 0.557. The highest BCUT2D eigenvalue weighted by Gasteiger charge is 1.98. The lowest BCUT2D eigenvalue weighted by molar-refractivity contribution is 0.242. The number of benzene rings is 1. The van der Waals surface area contributed by atoms with Crippen LogP contribution in [0.1, 0.15) is 25.8 Å². The molecule has 0 heterocycles. The minimum absolute atomic E-state index is 0.220. The molecule has 16 heavy (non-hydrogen) atoms. The average Bonchev–Trinajstić information content (AvgIpc) is 2.26. The molecule has 0 atom stereocenters. The first kappa shape index (κ1) is 12.9. The molecule has 0 fully saturated rings. The highest BCUT2D eigenvalue weighted by atomic mass is 32.2. The largest absolute Gasteiger partial charge is 0.491 e. The van der Waals surface area contributed by atoms with Gasteiger partial charge in [-0.15, -0.1) is 0 Å². The van der Waals surface area contributed by atoms with E-state index in [-0.39, 0.29) is 6.10 Å². The van der Waals surface area contributed by atoms with E-state index in [0.717, 1.165) is 24.3 Å². The maximum absolute atomic E-state index is 8.38. The molecule has 0 unspecified atom stereocenters. The number of aryl methyl sites for hydroxylation is 1. The maximum atomic E-state index is 8.38. The van der Waals surface area contributed by atoms with Gasteiger partial charge in [0.1, 0.15) is 11.2 Å². The van der Waals surface area contributed by atoms with Crippen LogP contribution in [0.5, 0.6) is 5.75 Å². The van der Waals surface area contributed by atoms with Gasteiger partial charge in [-0.2, -0.15) is 5.26 Å². The van der Waals surface area contributed by atoms with E-state index in [1.807, 2.05) is 26.0 Å². The summed E-state index contributed by atoms with van der Waals surface area (Å²) in [6, 6.07) is 8.20. The minimum Gasteiger partial charge on any atom is -0.491 e. The van der Waals surface area contributed by atoms with Gasteiger partial charge >= 0.3 is 0 Å². The Bertz CT molecular complexity index is 340. The molecule has 0 amide bonds. The second kappa shape index (κ2) is 7.19. The van der Waals surface area contributed by atoms with Crippen LogP contribution in [0.4, 0.5) is 0 Å². The van der Waals surface area contributed by atoms with Crippen LogP contribution in [0.15, 0.2) is 24.3 Å². The number of nitriles is 1. The van der Waals surface area contributed by atoms with Gasteiger partial charge in [0.2, 0.25) is 0 Å². The SMILES string of the molecule is CC(C)Oc1ccc(CCCSC#N)cc1. The molecule has 2 nitrogen and oxygen atoms in total. The summed E-state index contributed by atoms with van der Waals surface area (Å²) in [5.74, 6) is 1.82. The van der Waals surface area contributed by atoms with E-state index in [9.17, 15) is 0 Å². The van der Waals surface area contributed by atoms with Gasteiger partial charge in [-0.05, 0) is 56.1 Å². The van der Waals surface area contributed by atoms with Crippen LogP contribution >= 0.6 is 11.8 Å². The first-order chi connectivity index (χ1) is 7.72. The average molecular weight is 235 g/mol. The van der Waals surface area contributed by atoms with Crippen molar-refractivity contribution in [2.75, 3.05) is 5.75 Å². The predicted molar refractivity (Wildman–Crippen MR) is 68.6 cm³/mol. The fraction of sp³-hybridized carbons (Fsp3) is 0.462. The van der Waals surface area contributed by atoms with Crippen LogP contribution in [-0.4, -0.2) is 11.9 Å². The smallest absolute Gasteiger partial charge is 0.133 e. The molecule has 0 saturated carbocycles. The van der Waals surface area contributed by atoms with Gasteiger partial charge in [-0.3, -0.25) is 0 Å². The summed E-state index contributed by atoms with van der Waals surface area (Å²) in [7, 11) is 0. The number of hydrogen-bond acceptors (Lipinski definition) is 3. The zero-order valence-corrected chi connectivity index (χ0v) is 10.6. The lowest BCUT2D eigenvalue weighted by Gasteiger charge is -2.09. The molecule has 1 aromatic carbocycles. The summed E-state index contributed by atoms with van der Waals surface area (Å²) in [4.78, 5) is 0. The predicted octanol–water partition coefficient (Wildman–Crippen LogP) is 3.62. The van der Waals surface area contributed by atoms with Crippen molar-refractivity contribution in [2.45, 2.75) is 32.8 Å². The summed E-state index contributed by atoms with van der Waals surface area (Å²) in [6.45, 7) is 4.04. The van der Waals surface area contributed by atoms with E-state index < -0.39 is 0 Å². The van der Waals surface area contributed by atoms with Crippen molar-refractivity contribution in [1.29, 1.82) is 5.26 Å². The van der Waals surface area contributed by atoms with E-state index in [1.165, 1.54) is 17.3 Å². The molecule has 1 rings (SSSR count). The van der Waals surface area contributed by atoms with Gasteiger partial charge in [0.15, 0.2) is 0 Å². The molecule has 0 bridgehead atoms. The first-order valence-electron chi connectivity index (χ1n) is 5.49. The standard InChI is InChI=1S/C13H17NOS/c1-11(2)15-13-7-5-12(6-8-13)4-3-9-16-10-14/h5-8,11H,3-4,9H2,1-2H3. The summed E-state index contributed by atoms with van der Waals surface area (Å²) in [6.07, 6.45) is 2.29. The van der Waals surface area contributed by atoms with Gasteiger partial charge < -0.3 is 4.74 Å². The van der Waals surface area contributed by atoms with Crippen LogP contribution in [0.25, 0.3) is 0 Å². The molecule has 0 saturated heterocycles. The zero-order chi connectivity index (χ0) is 11.8. The van der Waals surface area contributed by atoms with Crippen molar-refractivity contribution in [3.05, 3.63) is 29.8 Å². The van der Waals surface area contributed by atoms with E-state index >= 15 is 0 Å². The fourth-order valence-corrected chi connectivity index (χ4v) is 1.78. The van der Waals surface area contributed by atoms with E-state index in [0.29, 0.717) is 0 Å². The van der Waals surface area contributed by atoms with Gasteiger partial charge in [0.05, 0.1) is 6.10 Å². The van der Waals surface area contributed by atoms with Crippen molar-refractivity contribution < 1.29 is 4.74 Å². The van der Waals surface area contributed by atoms with Crippen LogP contribution in [-0.2, 0) is 6.42 Å². The summed E-state index contributed by atoms with van der Waals surface area (Å²) in [5.41, 5.74) is 1.30. The summed E-state index contributed by atoms with van der Waals surface area (Å²) < 4.78 is 5.57. The fourth-order valence-electron chi connectivity index (χ4n) is 1.40. The third kappa shape index (κ3) is 5.09. The molecule has 0 aliphatic carbocycles. The van der Waals surface area contributed by atoms with Crippen molar-refractivity contribution in [1.82, 2.24) is 0 Å². The molecule has 0 spiro atoms. The van der Waals surface area contributed by atoms with Crippen LogP contribution in [0, 0.1) is 10.7 Å². The van der Waals surface area contributed by atoms with E-state index in [1.54, 1.807) is 0 Å². The Kier molecular flexibility index (Phi) is 5.81. The molecular formula is C13H17NOS. The Labute approximate surface area is 102 Å². The Balaban J connectivity index is 2.37. The van der Waals surface area contributed by atoms with Crippen LogP contribution in [0.3, 0.4) is 0 Å². The molecule has 3 heteroatoms. The van der Waals surface area contributed by atoms with Crippen molar-refractivity contribution >= 4 is 11.8 Å². The summed E-state index contributed by atoms with van der Waals surface area (Å²) >= 11 is 1.32. The van der Waals surface area contributed by atoms with E-state index in [2.05, 4.69) is 17.5 Å². The van der Waals surface area contributed by atoms with Crippen molar-refractivity contribution in [3.63, 3.8) is 0 Å². The topological polar surface area (TPSA) is 33.0 Å². The minimum atomic E-state index is 0.220. The Morgan fingerprint density at radius 2 is 2.00 bits per heavy atom. The number of hydrogen-bond donors (Lipinski definition) is 0. The Morgan fingerprint density at radius 3 is 2.56 bits per heavy atom. The summed E-state index contributed by atoms with van der Waals surface area (Å²) in [5, 5.41) is 10.5. The molecular weight excluding hydrogens is 218 g/mol. The third-order valence-electron chi connectivity index (χ3n) is 2.07. The number of ether oxygens (including phenoxy) is 1. The van der Waals surface area contributed by atoms with Crippen LogP contribution in [0.2, 0.25) is 0 Å². The van der Waals surface area contributed by atoms with Gasteiger partial charge in [-0.1, -0.05) is 12.1 Å². The lowest BCUT2D eigenvalue weighted by Crippen LogP contribution is -2.05. The maximum Gasteiger partial charge on any atom is 0.133 e.